The molecular formula is C24H17ClF4N4OS. The highest BCUT2D eigenvalue weighted by Gasteiger charge is 2.30. The van der Waals surface area contributed by atoms with E-state index in [0.717, 1.165) is 18.2 Å². The molecule has 1 amide bonds. The second-order valence-corrected chi connectivity index (χ2v) is 8.69. The van der Waals surface area contributed by atoms with E-state index in [0.29, 0.717) is 22.2 Å². The molecule has 35 heavy (non-hydrogen) atoms. The fourth-order valence-electron chi connectivity index (χ4n) is 3.29. The van der Waals surface area contributed by atoms with Gasteiger partial charge in [0.1, 0.15) is 5.82 Å². The predicted octanol–water partition coefficient (Wildman–Crippen LogP) is 6.30. The number of benzene rings is 3. The van der Waals surface area contributed by atoms with Gasteiger partial charge in [0, 0.05) is 11.4 Å². The third-order valence-corrected chi connectivity index (χ3v) is 6.25. The number of carbonyl (C=O) groups excluding carboxylic acids is 1. The number of nitrogens with zero attached hydrogens (tertiary/aromatic N) is 3. The summed E-state index contributed by atoms with van der Waals surface area (Å²) in [5, 5.41) is 11.3. The molecule has 0 aliphatic rings. The zero-order valence-corrected chi connectivity index (χ0v) is 19.5. The van der Waals surface area contributed by atoms with Crippen molar-refractivity contribution in [2.75, 3.05) is 0 Å². The standard InChI is InChI=1S/C24H17ClF4N4OS/c25-18-10-5-11-19(26)21(18)22(34)30-13-20-31-32-23(33(20)17-8-2-1-3-9-17)35-14-15-6-4-7-16(12-15)24(27,28)29/h1-12H,13-14H2,(H,30,34). The molecule has 0 saturated heterocycles. The molecule has 1 heterocycles. The number of amides is 1. The number of carbonyl (C=O) groups is 1. The van der Waals surface area contributed by atoms with Gasteiger partial charge in [0.25, 0.3) is 5.91 Å². The van der Waals surface area contributed by atoms with Crippen LogP contribution < -0.4 is 5.32 Å². The summed E-state index contributed by atoms with van der Waals surface area (Å²) in [5.41, 5.74) is 0.156. The van der Waals surface area contributed by atoms with Gasteiger partial charge in [-0.1, -0.05) is 65.8 Å². The van der Waals surface area contributed by atoms with Gasteiger partial charge in [-0.3, -0.25) is 9.36 Å². The smallest absolute Gasteiger partial charge is 0.345 e. The molecule has 0 aliphatic heterocycles. The first-order valence-corrected chi connectivity index (χ1v) is 11.6. The summed E-state index contributed by atoms with van der Waals surface area (Å²) >= 11 is 7.17. The van der Waals surface area contributed by atoms with Crippen molar-refractivity contribution in [3.63, 3.8) is 0 Å². The number of hydrogen-bond donors (Lipinski definition) is 1. The lowest BCUT2D eigenvalue weighted by Crippen LogP contribution is -2.26. The van der Waals surface area contributed by atoms with E-state index in [4.69, 9.17) is 11.6 Å². The molecule has 0 bridgehead atoms. The molecule has 0 unspecified atom stereocenters. The van der Waals surface area contributed by atoms with Gasteiger partial charge in [-0.2, -0.15) is 13.2 Å². The maximum atomic E-state index is 14.1. The Labute approximate surface area is 207 Å². The van der Waals surface area contributed by atoms with E-state index in [2.05, 4.69) is 15.5 Å². The van der Waals surface area contributed by atoms with Crippen molar-refractivity contribution in [3.8, 4) is 5.69 Å². The van der Waals surface area contributed by atoms with Crippen LogP contribution in [-0.4, -0.2) is 20.7 Å². The van der Waals surface area contributed by atoms with E-state index < -0.39 is 23.5 Å². The Morgan fingerprint density at radius 2 is 1.74 bits per heavy atom. The van der Waals surface area contributed by atoms with Crippen molar-refractivity contribution in [3.05, 3.63) is 106 Å². The van der Waals surface area contributed by atoms with Crippen molar-refractivity contribution < 1.29 is 22.4 Å². The quantitative estimate of drug-likeness (QED) is 0.229. The Bertz CT molecular complexity index is 1320. The summed E-state index contributed by atoms with van der Waals surface area (Å²) in [5.74, 6) is -0.902. The van der Waals surface area contributed by atoms with Crippen LogP contribution in [0.15, 0.2) is 78.0 Å². The molecule has 4 aromatic rings. The average molecular weight is 521 g/mol. The summed E-state index contributed by atoms with van der Waals surface area (Å²) in [6.45, 7) is -0.0878. The van der Waals surface area contributed by atoms with E-state index in [1.165, 1.54) is 30.0 Å². The zero-order chi connectivity index (χ0) is 25.0. The topological polar surface area (TPSA) is 59.8 Å². The molecule has 0 atom stereocenters. The third-order valence-electron chi connectivity index (χ3n) is 4.93. The molecule has 1 N–H and O–H groups in total. The van der Waals surface area contributed by atoms with Crippen LogP contribution in [0.25, 0.3) is 5.69 Å². The van der Waals surface area contributed by atoms with Gasteiger partial charge in [0.2, 0.25) is 0 Å². The summed E-state index contributed by atoms with van der Waals surface area (Å²) in [7, 11) is 0. The number of alkyl halides is 3. The Morgan fingerprint density at radius 1 is 1.00 bits per heavy atom. The number of halogens is 5. The van der Waals surface area contributed by atoms with Gasteiger partial charge in [-0.05, 0) is 35.9 Å². The molecule has 0 saturated carbocycles. The Balaban J connectivity index is 1.57. The number of rotatable bonds is 7. The molecular weight excluding hydrogens is 504 g/mol. The minimum atomic E-state index is -4.43. The summed E-state index contributed by atoms with van der Waals surface area (Å²) in [6, 6.07) is 18.0. The molecule has 11 heteroatoms. The van der Waals surface area contributed by atoms with Gasteiger partial charge in [-0.25, -0.2) is 4.39 Å². The van der Waals surface area contributed by atoms with Crippen molar-refractivity contribution in [1.82, 2.24) is 20.1 Å². The molecule has 1 aromatic heterocycles. The van der Waals surface area contributed by atoms with Gasteiger partial charge < -0.3 is 5.32 Å². The number of thioether (sulfide) groups is 1. The molecule has 3 aromatic carbocycles. The fraction of sp³-hybridized carbons (Fsp3) is 0.125. The SMILES string of the molecule is O=C(NCc1nnc(SCc2cccc(C(F)(F)F)c2)n1-c1ccccc1)c1c(F)cccc1Cl. The van der Waals surface area contributed by atoms with E-state index in [1.54, 1.807) is 34.9 Å². The lowest BCUT2D eigenvalue weighted by molar-refractivity contribution is -0.137. The number of nitrogens with one attached hydrogen (secondary N) is 1. The van der Waals surface area contributed by atoms with Crippen LogP contribution in [0.4, 0.5) is 17.6 Å². The number of para-hydroxylation sites is 1. The minimum Gasteiger partial charge on any atom is -0.345 e. The highest BCUT2D eigenvalue weighted by atomic mass is 35.5. The maximum Gasteiger partial charge on any atom is 0.416 e. The first-order valence-electron chi connectivity index (χ1n) is 10.2. The average Bonchev–Trinajstić information content (AvgIpc) is 3.24. The van der Waals surface area contributed by atoms with E-state index in [-0.39, 0.29) is 22.9 Å². The monoisotopic (exact) mass is 520 g/mol. The normalized spacial score (nSPS) is 11.5. The molecule has 0 radical (unpaired) electrons. The van der Waals surface area contributed by atoms with Gasteiger partial charge >= 0.3 is 6.18 Å². The third kappa shape index (κ3) is 5.83. The highest BCUT2D eigenvalue weighted by Crippen LogP contribution is 2.31. The lowest BCUT2D eigenvalue weighted by atomic mass is 10.1. The van der Waals surface area contributed by atoms with Crippen molar-refractivity contribution in [1.29, 1.82) is 0 Å². The van der Waals surface area contributed by atoms with E-state index >= 15 is 0 Å². The van der Waals surface area contributed by atoms with Crippen molar-refractivity contribution >= 4 is 29.3 Å². The molecule has 180 valence electrons. The van der Waals surface area contributed by atoms with Gasteiger partial charge in [0.05, 0.1) is 22.7 Å². The Kier molecular flexibility index (Phi) is 7.42. The van der Waals surface area contributed by atoms with Crippen molar-refractivity contribution in [2.24, 2.45) is 0 Å². The number of aromatic nitrogens is 3. The van der Waals surface area contributed by atoms with E-state index in [9.17, 15) is 22.4 Å². The lowest BCUT2D eigenvalue weighted by Gasteiger charge is -2.12. The summed E-state index contributed by atoms with van der Waals surface area (Å²) < 4.78 is 54.9. The predicted molar refractivity (Wildman–Crippen MR) is 125 cm³/mol. The Hall–Kier alpha value is -3.37. The molecule has 0 spiro atoms. The largest absolute Gasteiger partial charge is 0.416 e. The first-order chi connectivity index (χ1) is 16.7. The van der Waals surface area contributed by atoms with Crippen LogP contribution in [0, 0.1) is 5.82 Å². The van der Waals surface area contributed by atoms with Crippen molar-refractivity contribution in [2.45, 2.75) is 23.6 Å². The van der Waals surface area contributed by atoms with Crippen LogP contribution in [0.3, 0.4) is 0 Å². The van der Waals surface area contributed by atoms with Crippen LogP contribution >= 0.6 is 23.4 Å². The minimum absolute atomic E-state index is 0.0237. The number of hydrogen-bond acceptors (Lipinski definition) is 4. The Morgan fingerprint density at radius 3 is 2.46 bits per heavy atom. The fourth-order valence-corrected chi connectivity index (χ4v) is 4.46. The first kappa shape index (κ1) is 24.7. The highest BCUT2D eigenvalue weighted by molar-refractivity contribution is 7.98. The molecule has 0 fully saturated rings. The molecule has 0 aliphatic carbocycles. The van der Waals surface area contributed by atoms with E-state index in [1.807, 2.05) is 6.07 Å². The summed E-state index contributed by atoms with van der Waals surface area (Å²) in [4.78, 5) is 12.5. The summed E-state index contributed by atoms with van der Waals surface area (Å²) in [6.07, 6.45) is -4.43. The van der Waals surface area contributed by atoms with Crippen LogP contribution in [-0.2, 0) is 18.5 Å². The van der Waals surface area contributed by atoms with Crippen LogP contribution in [0.1, 0.15) is 27.3 Å². The second-order valence-electron chi connectivity index (χ2n) is 7.34. The zero-order valence-electron chi connectivity index (χ0n) is 17.9. The second kappa shape index (κ2) is 10.5. The maximum absolute atomic E-state index is 14.1. The van der Waals surface area contributed by atoms with Crippen LogP contribution in [0.2, 0.25) is 5.02 Å². The van der Waals surface area contributed by atoms with Gasteiger partial charge in [0.15, 0.2) is 11.0 Å². The molecule has 5 nitrogen and oxygen atoms in total. The van der Waals surface area contributed by atoms with Crippen LogP contribution in [0.5, 0.6) is 0 Å². The van der Waals surface area contributed by atoms with Gasteiger partial charge in [-0.15, -0.1) is 10.2 Å². The molecule has 4 rings (SSSR count).